The van der Waals surface area contributed by atoms with E-state index in [1.165, 1.54) is 0 Å². The van der Waals surface area contributed by atoms with Gasteiger partial charge in [0.1, 0.15) is 5.78 Å². The Morgan fingerprint density at radius 2 is 1.67 bits per heavy atom. The van der Waals surface area contributed by atoms with Gasteiger partial charge in [0.05, 0.1) is 12.1 Å². The molecule has 2 fully saturated rings. The molecule has 0 saturated carbocycles. The first-order valence-corrected chi connectivity index (χ1v) is 10.0. The molecule has 0 aliphatic carbocycles. The molecule has 24 heavy (non-hydrogen) atoms. The molecule has 3 atom stereocenters. The van der Waals surface area contributed by atoms with Crippen LogP contribution in [0, 0.1) is 0 Å². The van der Waals surface area contributed by atoms with E-state index >= 15 is 0 Å². The molecule has 3 N–H and O–H groups in total. The number of Topliss-reactive ketones (excluding diaryl/α,β-unsaturated/α-hetero) is 1. The molecular weight excluding hydrogens is 328 g/mol. The molecule has 0 aromatic heterocycles. The molecule has 7 heteroatoms. The lowest BCUT2D eigenvalue weighted by Crippen LogP contribution is -2.36. The Balaban J connectivity index is 1.45. The van der Waals surface area contributed by atoms with Gasteiger partial charge in [-0.1, -0.05) is 19.3 Å². The Hall–Kier alpha value is -1.24. The van der Waals surface area contributed by atoms with Gasteiger partial charge in [-0.15, -0.1) is 0 Å². The zero-order valence-corrected chi connectivity index (χ0v) is 14.9. The van der Waals surface area contributed by atoms with Crippen LogP contribution in [0.3, 0.4) is 0 Å². The Labute approximate surface area is 147 Å². The number of carboxylic acid groups (broad SMARTS) is 1. The maximum absolute atomic E-state index is 11.8. The van der Waals surface area contributed by atoms with Gasteiger partial charge < -0.3 is 15.7 Å². The number of nitrogens with one attached hydrogen (secondary N) is 2. The van der Waals surface area contributed by atoms with Crippen molar-refractivity contribution in [3.8, 4) is 0 Å². The van der Waals surface area contributed by atoms with Crippen molar-refractivity contribution in [2.75, 3.05) is 5.75 Å². The minimum absolute atomic E-state index is 0.0474. The van der Waals surface area contributed by atoms with Crippen molar-refractivity contribution in [2.24, 2.45) is 0 Å². The molecule has 136 valence electrons. The summed E-state index contributed by atoms with van der Waals surface area (Å²) in [6.07, 6.45) is 7.90. The molecule has 6 nitrogen and oxygen atoms in total. The normalized spacial score (nSPS) is 25.2. The Morgan fingerprint density at radius 1 is 1.00 bits per heavy atom. The van der Waals surface area contributed by atoms with Crippen LogP contribution in [0.15, 0.2) is 0 Å². The van der Waals surface area contributed by atoms with Crippen molar-refractivity contribution in [2.45, 2.75) is 81.5 Å². The molecular formula is C17H28N2O4S. The average Bonchev–Trinajstić information content (AvgIpc) is 3.06. The fourth-order valence-electron chi connectivity index (χ4n) is 3.39. The number of urea groups is 1. The Bertz CT molecular complexity index is 458. The van der Waals surface area contributed by atoms with Crippen LogP contribution in [0.2, 0.25) is 0 Å². The number of unbranched alkanes of at least 4 members (excludes halogenated alkanes) is 4. The van der Waals surface area contributed by atoms with Crippen LogP contribution in [0.25, 0.3) is 0 Å². The molecule has 0 radical (unpaired) electrons. The van der Waals surface area contributed by atoms with Gasteiger partial charge in [-0.25, -0.2) is 4.79 Å². The first-order chi connectivity index (χ1) is 11.6. The zero-order valence-electron chi connectivity index (χ0n) is 14.1. The highest BCUT2D eigenvalue weighted by Gasteiger charge is 2.42. The number of carbonyl (C=O) groups excluding carboxylic acids is 2. The fraction of sp³-hybridized carbons (Fsp3) is 0.824. The molecule has 2 heterocycles. The van der Waals surface area contributed by atoms with Crippen LogP contribution in [0.4, 0.5) is 4.79 Å². The third kappa shape index (κ3) is 6.34. The summed E-state index contributed by atoms with van der Waals surface area (Å²) in [4.78, 5) is 33.5. The number of carbonyl (C=O) groups is 3. The standard InChI is InChI=1S/C17H28N2O4S/c20-12(7-3-1-2-4-10-15(21)22)8-5-6-9-14-16-13(11-24-14)18-17(23)19-16/h13-14,16H,1-11H2,(H,21,22)(H2,18,19,23)/t13-,14-,16-/m0/s1. The van der Waals surface area contributed by atoms with Gasteiger partial charge in [0, 0.05) is 30.3 Å². The SMILES string of the molecule is O=C(O)CCCCCCC(=O)CCCC[C@@H]1SC[C@@H]2NC(=O)N[C@@H]21. The number of hydrogen-bond donors (Lipinski definition) is 3. The van der Waals surface area contributed by atoms with E-state index in [9.17, 15) is 14.4 Å². The van der Waals surface area contributed by atoms with Crippen LogP contribution in [-0.2, 0) is 9.59 Å². The van der Waals surface area contributed by atoms with Crippen molar-refractivity contribution >= 4 is 29.5 Å². The number of ketones is 1. The minimum atomic E-state index is -0.745. The predicted octanol–water partition coefficient (Wildman–Crippen LogP) is 2.71. The number of rotatable bonds is 12. The van der Waals surface area contributed by atoms with Crippen molar-refractivity contribution < 1.29 is 19.5 Å². The molecule has 0 unspecified atom stereocenters. The van der Waals surface area contributed by atoms with E-state index < -0.39 is 5.97 Å². The average molecular weight is 356 g/mol. The van der Waals surface area contributed by atoms with E-state index in [2.05, 4.69) is 10.6 Å². The summed E-state index contributed by atoms with van der Waals surface area (Å²) in [6.45, 7) is 0. The summed E-state index contributed by atoms with van der Waals surface area (Å²) >= 11 is 1.91. The summed E-state index contributed by atoms with van der Waals surface area (Å²) in [6, 6.07) is 0.480. The molecule has 0 bridgehead atoms. The molecule has 2 rings (SSSR count). The van der Waals surface area contributed by atoms with E-state index in [-0.39, 0.29) is 24.5 Å². The van der Waals surface area contributed by atoms with Gasteiger partial charge in [0.2, 0.25) is 0 Å². The quantitative estimate of drug-likeness (QED) is 0.369. The van der Waals surface area contributed by atoms with Crippen molar-refractivity contribution in [1.82, 2.24) is 10.6 Å². The van der Waals surface area contributed by atoms with E-state index in [0.29, 0.717) is 30.3 Å². The van der Waals surface area contributed by atoms with Crippen LogP contribution < -0.4 is 10.6 Å². The van der Waals surface area contributed by atoms with E-state index in [4.69, 9.17) is 5.11 Å². The highest BCUT2D eigenvalue weighted by molar-refractivity contribution is 8.00. The number of fused-ring (bicyclic) bond motifs is 1. The molecule has 0 aromatic rings. The molecule has 2 aliphatic heterocycles. The second kappa shape index (κ2) is 9.91. The second-order valence-corrected chi connectivity index (χ2v) is 7.99. The lowest BCUT2D eigenvalue weighted by molar-refractivity contribution is -0.137. The van der Waals surface area contributed by atoms with Gasteiger partial charge >= 0.3 is 12.0 Å². The van der Waals surface area contributed by atoms with Gasteiger partial charge in [-0.3, -0.25) is 9.59 Å². The molecule has 0 spiro atoms. The van der Waals surface area contributed by atoms with Crippen molar-refractivity contribution in [1.29, 1.82) is 0 Å². The topological polar surface area (TPSA) is 95.5 Å². The Kier molecular flexibility index (Phi) is 7.88. The first kappa shape index (κ1) is 19.1. The minimum Gasteiger partial charge on any atom is -0.481 e. The van der Waals surface area contributed by atoms with Crippen molar-refractivity contribution in [3.05, 3.63) is 0 Å². The van der Waals surface area contributed by atoms with Crippen LogP contribution >= 0.6 is 11.8 Å². The highest BCUT2D eigenvalue weighted by Crippen LogP contribution is 2.33. The predicted molar refractivity (Wildman–Crippen MR) is 94.3 cm³/mol. The number of thioether (sulfide) groups is 1. The molecule has 0 aromatic carbocycles. The second-order valence-electron chi connectivity index (χ2n) is 6.71. The summed E-state index contributed by atoms with van der Waals surface area (Å²) < 4.78 is 0. The fourth-order valence-corrected chi connectivity index (χ4v) is 4.93. The van der Waals surface area contributed by atoms with Gasteiger partial charge in [-0.05, 0) is 25.7 Å². The highest BCUT2D eigenvalue weighted by atomic mass is 32.2. The van der Waals surface area contributed by atoms with Gasteiger partial charge in [0.25, 0.3) is 0 Å². The van der Waals surface area contributed by atoms with Gasteiger partial charge in [-0.2, -0.15) is 11.8 Å². The lowest BCUT2D eigenvalue weighted by Gasteiger charge is -2.16. The molecule has 2 saturated heterocycles. The summed E-state index contributed by atoms with van der Waals surface area (Å²) in [5.41, 5.74) is 0. The van der Waals surface area contributed by atoms with E-state index in [1.807, 2.05) is 11.8 Å². The van der Waals surface area contributed by atoms with Crippen LogP contribution in [-0.4, -0.2) is 46.0 Å². The smallest absolute Gasteiger partial charge is 0.315 e. The molecule has 2 aliphatic rings. The zero-order chi connectivity index (χ0) is 17.4. The third-order valence-electron chi connectivity index (χ3n) is 4.73. The van der Waals surface area contributed by atoms with E-state index in [1.54, 1.807) is 0 Å². The third-order valence-corrected chi connectivity index (χ3v) is 6.24. The number of amides is 2. The largest absolute Gasteiger partial charge is 0.481 e. The molecule has 2 amide bonds. The maximum Gasteiger partial charge on any atom is 0.315 e. The summed E-state index contributed by atoms with van der Waals surface area (Å²) in [5.74, 6) is 0.557. The van der Waals surface area contributed by atoms with Crippen LogP contribution in [0.5, 0.6) is 0 Å². The number of hydrogen-bond acceptors (Lipinski definition) is 4. The number of aliphatic carboxylic acids is 1. The Morgan fingerprint density at radius 3 is 2.38 bits per heavy atom. The summed E-state index contributed by atoms with van der Waals surface area (Å²) in [5, 5.41) is 14.9. The van der Waals surface area contributed by atoms with Gasteiger partial charge in [0.15, 0.2) is 0 Å². The number of carboxylic acids is 1. The van der Waals surface area contributed by atoms with Crippen LogP contribution in [0.1, 0.15) is 64.2 Å². The monoisotopic (exact) mass is 356 g/mol. The van der Waals surface area contributed by atoms with E-state index in [0.717, 1.165) is 44.3 Å². The summed E-state index contributed by atoms with van der Waals surface area (Å²) in [7, 11) is 0. The maximum atomic E-state index is 11.8. The lowest BCUT2D eigenvalue weighted by atomic mass is 10.0. The first-order valence-electron chi connectivity index (χ1n) is 8.98. The van der Waals surface area contributed by atoms with Crippen molar-refractivity contribution in [3.63, 3.8) is 0 Å².